The van der Waals surface area contributed by atoms with E-state index in [2.05, 4.69) is 31.3 Å². The van der Waals surface area contributed by atoms with Crippen LogP contribution in [0.3, 0.4) is 0 Å². The van der Waals surface area contributed by atoms with Crippen LogP contribution in [-0.4, -0.2) is 34.0 Å². The van der Waals surface area contributed by atoms with E-state index in [0.29, 0.717) is 31.3 Å². The summed E-state index contributed by atoms with van der Waals surface area (Å²) in [5.41, 5.74) is 0.915. The fourth-order valence-corrected chi connectivity index (χ4v) is 2.52. The molecule has 0 amide bonds. The molecule has 2 aromatic rings. The van der Waals surface area contributed by atoms with Gasteiger partial charge in [-0.05, 0) is 29.8 Å². The predicted octanol–water partition coefficient (Wildman–Crippen LogP) is 2.59. The Labute approximate surface area is 146 Å². The number of hydrazone groups is 1. The monoisotopic (exact) mass is 391 g/mol. The van der Waals surface area contributed by atoms with E-state index >= 15 is 0 Å². The van der Waals surface area contributed by atoms with Crippen LogP contribution in [0.1, 0.15) is 5.56 Å². The molecular formula is C15H14BrN5O3. The normalized spacial score (nSPS) is 15.4. The third kappa shape index (κ3) is 4.19. The van der Waals surface area contributed by atoms with Gasteiger partial charge in [-0.2, -0.15) is 0 Å². The third-order valence-corrected chi connectivity index (χ3v) is 3.88. The van der Waals surface area contributed by atoms with Gasteiger partial charge in [-0.3, -0.25) is 0 Å². The van der Waals surface area contributed by atoms with Crippen molar-refractivity contribution in [2.45, 2.75) is 6.54 Å². The van der Waals surface area contributed by atoms with Crippen molar-refractivity contribution in [3.05, 3.63) is 62.7 Å². The molecular weight excluding hydrogens is 378 g/mol. The Morgan fingerprint density at radius 3 is 2.79 bits per heavy atom. The highest BCUT2D eigenvalue weighted by Crippen LogP contribution is 2.22. The van der Waals surface area contributed by atoms with Crippen LogP contribution in [0.4, 0.5) is 0 Å². The molecule has 8 nitrogen and oxygen atoms in total. The molecule has 1 aromatic carbocycles. The lowest BCUT2D eigenvalue weighted by Crippen LogP contribution is -2.30. The minimum absolute atomic E-state index is 0.273. The van der Waals surface area contributed by atoms with E-state index in [4.69, 9.17) is 4.74 Å². The number of hydrogen-bond acceptors (Lipinski definition) is 4. The zero-order valence-electron chi connectivity index (χ0n) is 12.6. The number of nitrogens with zero attached hydrogens (tertiary/aromatic N) is 4. The van der Waals surface area contributed by atoms with Crippen molar-refractivity contribution in [1.29, 1.82) is 0 Å². The summed E-state index contributed by atoms with van der Waals surface area (Å²) in [5.74, 6) is 1.46. The van der Waals surface area contributed by atoms with Gasteiger partial charge in [-0.25, -0.2) is 15.1 Å². The topological polar surface area (TPSA) is 92.9 Å². The molecule has 9 heteroatoms. The van der Waals surface area contributed by atoms with Crippen LogP contribution in [0.5, 0.6) is 11.6 Å². The molecule has 2 heterocycles. The molecule has 24 heavy (non-hydrogen) atoms. The average molecular weight is 392 g/mol. The molecule has 1 aliphatic heterocycles. The molecule has 1 N–H and O–H groups in total. The van der Waals surface area contributed by atoms with E-state index in [1.165, 1.54) is 0 Å². The van der Waals surface area contributed by atoms with Crippen molar-refractivity contribution in [3.8, 4) is 11.6 Å². The number of guanidine groups is 1. The van der Waals surface area contributed by atoms with Gasteiger partial charge in [0.25, 0.3) is 5.96 Å². The first-order valence-corrected chi connectivity index (χ1v) is 7.99. The van der Waals surface area contributed by atoms with Gasteiger partial charge in [0, 0.05) is 36.4 Å². The molecule has 1 aliphatic rings. The number of nitro groups is 1. The van der Waals surface area contributed by atoms with Crippen LogP contribution in [0.25, 0.3) is 0 Å². The number of pyridine rings is 1. The lowest BCUT2D eigenvalue weighted by atomic mass is 10.2. The standard InChI is InChI=1S/C15H14BrN5O3/c16-12-2-4-13(5-3-12)24-14-6-1-11(9-18-14)10-20-8-7-17-15(20)19-21(22)23/h1-6,9H,7-8,10H2,(H,17,19). The van der Waals surface area contributed by atoms with Gasteiger partial charge in [0.05, 0.1) is 0 Å². The molecule has 124 valence electrons. The first kappa shape index (κ1) is 16.2. The Morgan fingerprint density at radius 1 is 1.33 bits per heavy atom. The molecule has 1 aromatic heterocycles. The van der Waals surface area contributed by atoms with Crippen molar-refractivity contribution < 1.29 is 9.77 Å². The van der Waals surface area contributed by atoms with Gasteiger partial charge in [0.2, 0.25) is 5.88 Å². The molecule has 1 saturated heterocycles. The van der Waals surface area contributed by atoms with Gasteiger partial charge in [-0.1, -0.05) is 22.0 Å². The molecule has 3 rings (SSSR count). The molecule has 0 unspecified atom stereocenters. The van der Waals surface area contributed by atoms with Gasteiger partial charge < -0.3 is 15.0 Å². The highest BCUT2D eigenvalue weighted by molar-refractivity contribution is 9.10. The van der Waals surface area contributed by atoms with Crippen LogP contribution in [0.2, 0.25) is 0 Å². The summed E-state index contributed by atoms with van der Waals surface area (Å²) >= 11 is 3.37. The zero-order valence-corrected chi connectivity index (χ0v) is 14.1. The summed E-state index contributed by atoms with van der Waals surface area (Å²) < 4.78 is 6.64. The molecule has 0 saturated carbocycles. The maximum Gasteiger partial charge on any atom is 0.271 e. The maximum absolute atomic E-state index is 10.5. The first-order valence-electron chi connectivity index (χ1n) is 7.20. The number of ether oxygens (including phenoxy) is 1. The minimum atomic E-state index is -0.700. The van der Waals surface area contributed by atoms with Crippen LogP contribution in [0, 0.1) is 10.1 Å². The van der Waals surface area contributed by atoms with E-state index in [0.717, 1.165) is 10.0 Å². The van der Waals surface area contributed by atoms with E-state index in [-0.39, 0.29) is 5.96 Å². The van der Waals surface area contributed by atoms with Gasteiger partial charge in [0.15, 0.2) is 5.03 Å². The molecule has 1 fully saturated rings. The number of nitrogens with one attached hydrogen (secondary N) is 1. The number of rotatable bonds is 5. The summed E-state index contributed by atoms with van der Waals surface area (Å²) in [6.07, 6.45) is 1.69. The van der Waals surface area contributed by atoms with Crippen molar-refractivity contribution in [2.24, 2.45) is 5.10 Å². The first-order chi connectivity index (χ1) is 11.6. The highest BCUT2D eigenvalue weighted by Gasteiger charge is 2.21. The van der Waals surface area contributed by atoms with E-state index in [1.54, 1.807) is 17.2 Å². The molecule has 0 aliphatic carbocycles. The quantitative estimate of drug-likeness (QED) is 0.621. The minimum Gasteiger partial charge on any atom is -0.439 e. The molecule has 0 bridgehead atoms. The summed E-state index contributed by atoms with van der Waals surface area (Å²) in [6.45, 7) is 1.78. The summed E-state index contributed by atoms with van der Waals surface area (Å²) in [5, 5.41) is 16.0. The number of aromatic nitrogens is 1. The largest absolute Gasteiger partial charge is 0.439 e. The predicted molar refractivity (Wildman–Crippen MR) is 91.3 cm³/mol. The lowest BCUT2D eigenvalue weighted by molar-refractivity contribution is -0.485. The summed E-state index contributed by atoms with van der Waals surface area (Å²) in [4.78, 5) is 16.6. The molecule has 0 atom stereocenters. The van der Waals surface area contributed by atoms with Crippen molar-refractivity contribution in [2.75, 3.05) is 13.1 Å². The fourth-order valence-electron chi connectivity index (χ4n) is 2.26. The second-order valence-corrected chi connectivity index (χ2v) is 5.99. The van der Waals surface area contributed by atoms with Crippen molar-refractivity contribution in [1.82, 2.24) is 15.2 Å². The number of halogens is 1. The smallest absolute Gasteiger partial charge is 0.271 e. The Morgan fingerprint density at radius 2 is 2.12 bits per heavy atom. The van der Waals surface area contributed by atoms with Crippen molar-refractivity contribution >= 4 is 21.9 Å². The average Bonchev–Trinajstić information content (AvgIpc) is 2.98. The molecule has 0 radical (unpaired) electrons. The number of benzene rings is 1. The van der Waals surface area contributed by atoms with Gasteiger partial charge >= 0.3 is 0 Å². The fraction of sp³-hybridized carbons (Fsp3) is 0.200. The Kier molecular flexibility index (Phi) is 4.90. The lowest BCUT2D eigenvalue weighted by Gasteiger charge is -2.15. The van der Waals surface area contributed by atoms with Crippen molar-refractivity contribution in [3.63, 3.8) is 0 Å². The second kappa shape index (κ2) is 7.26. The van der Waals surface area contributed by atoms with E-state index < -0.39 is 5.03 Å². The van der Waals surface area contributed by atoms with Crippen LogP contribution >= 0.6 is 15.9 Å². The second-order valence-electron chi connectivity index (χ2n) is 5.07. The van der Waals surface area contributed by atoms with Crippen LogP contribution < -0.4 is 10.1 Å². The maximum atomic E-state index is 10.5. The molecule has 0 spiro atoms. The van der Waals surface area contributed by atoms with Gasteiger partial charge in [0.1, 0.15) is 10.9 Å². The SMILES string of the molecule is O=[N+]([O-])/N=C1\NCCN1Cc1ccc(Oc2ccc(Br)cc2)nc1. The van der Waals surface area contributed by atoms with Crippen LogP contribution in [0.15, 0.2) is 52.2 Å². The van der Waals surface area contributed by atoms with E-state index in [9.17, 15) is 10.1 Å². The van der Waals surface area contributed by atoms with Crippen LogP contribution in [-0.2, 0) is 6.54 Å². The summed E-state index contributed by atoms with van der Waals surface area (Å²) in [7, 11) is 0. The Bertz CT molecular complexity index is 749. The Balaban J connectivity index is 1.64. The third-order valence-electron chi connectivity index (χ3n) is 3.35. The highest BCUT2D eigenvalue weighted by atomic mass is 79.9. The Hall–Kier alpha value is -2.68. The number of hydrogen-bond donors (Lipinski definition) is 1. The summed E-state index contributed by atoms with van der Waals surface area (Å²) in [6, 6.07) is 11.1. The zero-order chi connectivity index (χ0) is 16.9. The van der Waals surface area contributed by atoms with Gasteiger partial charge in [-0.15, -0.1) is 0 Å². The van der Waals surface area contributed by atoms with E-state index in [1.807, 2.05) is 30.3 Å².